The van der Waals surface area contributed by atoms with Crippen LogP contribution in [0.25, 0.3) is 0 Å². The van der Waals surface area contributed by atoms with Crippen molar-refractivity contribution in [2.75, 3.05) is 19.6 Å². The monoisotopic (exact) mass is 365 g/mol. The minimum atomic E-state index is -3.58. The van der Waals surface area contributed by atoms with E-state index in [0.29, 0.717) is 12.3 Å². The Kier molecular flexibility index (Phi) is 5.25. The molecule has 1 aliphatic rings. The van der Waals surface area contributed by atoms with Crippen molar-refractivity contribution < 1.29 is 12.8 Å². The normalized spacial score (nSPS) is 18.6. The van der Waals surface area contributed by atoms with Gasteiger partial charge in [0, 0.05) is 18.7 Å². The molecule has 2 rings (SSSR count). The zero-order chi connectivity index (χ0) is 14.8. The van der Waals surface area contributed by atoms with Crippen LogP contribution >= 0.6 is 15.9 Å². The van der Waals surface area contributed by atoms with Gasteiger partial charge in [0.1, 0.15) is 10.7 Å². The Morgan fingerprint density at radius 3 is 2.70 bits per heavy atom. The number of nitrogens with one attached hydrogen (secondary N) is 1. The van der Waals surface area contributed by atoms with Crippen LogP contribution in [0, 0.1) is 0 Å². The summed E-state index contributed by atoms with van der Waals surface area (Å²) in [5.41, 5.74) is 5.44. The Labute approximate surface area is 127 Å². The Bertz CT molecular complexity index is 552. The molecule has 0 saturated carbocycles. The van der Waals surface area contributed by atoms with Gasteiger partial charge in [0.2, 0.25) is 10.0 Å². The van der Waals surface area contributed by atoms with Crippen molar-refractivity contribution in [3.8, 4) is 0 Å². The predicted molar refractivity (Wildman–Crippen MR) is 79.8 cm³/mol. The van der Waals surface area contributed by atoms with Crippen LogP contribution in [0.15, 0.2) is 20.0 Å². The molecule has 2 heterocycles. The van der Waals surface area contributed by atoms with Gasteiger partial charge in [-0.15, -0.1) is 0 Å². The number of furan rings is 1. The number of hydrogen-bond donors (Lipinski definition) is 2. The van der Waals surface area contributed by atoms with Gasteiger partial charge >= 0.3 is 0 Å². The Balaban J connectivity index is 2.01. The fourth-order valence-corrected chi connectivity index (χ4v) is 4.42. The fourth-order valence-electron chi connectivity index (χ4n) is 2.30. The van der Waals surface area contributed by atoms with Crippen molar-refractivity contribution in [2.45, 2.75) is 37.2 Å². The van der Waals surface area contributed by atoms with E-state index in [0.717, 1.165) is 13.1 Å². The van der Waals surface area contributed by atoms with E-state index in [2.05, 4.69) is 25.6 Å². The van der Waals surface area contributed by atoms with Gasteiger partial charge in [-0.2, -0.15) is 0 Å². The van der Waals surface area contributed by atoms with Gasteiger partial charge < -0.3 is 10.2 Å². The predicted octanol–water partition coefficient (Wildman–Crippen LogP) is 1.26. The van der Waals surface area contributed by atoms with E-state index in [-0.39, 0.29) is 22.2 Å². The molecule has 0 radical (unpaired) electrons. The maximum absolute atomic E-state index is 12.2. The molecule has 1 aliphatic heterocycles. The maximum atomic E-state index is 12.2. The Morgan fingerprint density at radius 1 is 1.50 bits per heavy atom. The summed E-state index contributed by atoms with van der Waals surface area (Å²) in [6.45, 7) is 4.66. The van der Waals surface area contributed by atoms with Crippen molar-refractivity contribution >= 4 is 26.0 Å². The van der Waals surface area contributed by atoms with Crippen LogP contribution < -0.4 is 10.5 Å². The first-order valence-corrected chi connectivity index (χ1v) is 8.93. The van der Waals surface area contributed by atoms with E-state index in [1.807, 2.05) is 6.92 Å². The molecular weight excluding hydrogens is 346 g/mol. The summed E-state index contributed by atoms with van der Waals surface area (Å²) < 4.78 is 32.5. The molecular formula is C12H20BrN3O3S. The van der Waals surface area contributed by atoms with Crippen molar-refractivity contribution in [1.29, 1.82) is 0 Å². The first-order chi connectivity index (χ1) is 9.44. The van der Waals surface area contributed by atoms with E-state index in [1.165, 1.54) is 18.9 Å². The molecule has 0 aliphatic carbocycles. The molecule has 1 aromatic rings. The Hall–Kier alpha value is -0.410. The van der Waals surface area contributed by atoms with Gasteiger partial charge in [-0.1, -0.05) is 0 Å². The van der Waals surface area contributed by atoms with Crippen LogP contribution in [0.1, 0.15) is 25.5 Å². The number of halogens is 1. The maximum Gasteiger partial charge on any atom is 0.245 e. The average molecular weight is 366 g/mol. The van der Waals surface area contributed by atoms with Crippen molar-refractivity contribution in [2.24, 2.45) is 5.73 Å². The van der Waals surface area contributed by atoms with Crippen molar-refractivity contribution in [3.63, 3.8) is 0 Å². The lowest BCUT2D eigenvalue weighted by molar-refractivity contribution is 0.260. The minimum Gasteiger partial charge on any atom is -0.452 e. The van der Waals surface area contributed by atoms with E-state index in [1.54, 1.807) is 0 Å². The summed E-state index contributed by atoms with van der Waals surface area (Å²) >= 11 is 3.12. The molecule has 3 N–H and O–H groups in total. The third-order valence-electron chi connectivity index (χ3n) is 3.53. The van der Waals surface area contributed by atoms with Crippen molar-refractivity contribution in [1.82, 2.24) is 9.62 Å². The molecule has 0 bridgehead atoms. The molecule has 114 valence electrons. The minimum absolute atomic E-state index is 0.103. The largest absolute Gasteiger partial charge is 0.452 e. The third-order valence-corrected chi connectivity index (χ3v) is 5.81. The average Bonchev–Trinajstić information content (AvgIpc) is 3.05. The molecule has 6 nitrogen and oxygen atoms in total. The molecule has 0 spiro atoms. The molecule has 0 amide bonds. The van der Waals surface area contributed by atoms with Gasteiger partial charge in [0.15, 0.2) is 4.67 Å². The first kappa shape index (κ1) is 16.0. The number of nitrogens with two attached hydrogens (primary N) is 1. The highest BCUT2D eigenvalue weighted by Gasteiger charge is 2.24. The van der Waals surface area contributed by atoms with E-state index in [4.69, 9.17) is 10.2 Å². The number of nitrogens with zero attached hydrogens (tertiary/aromatic N) is 1. The highest BCUT2D eigenvalue weighted by atomic mass is 79.9. The number of sulfonamides is 1. The zero-order valence-corrected chi connectivity index (χ0v) is 13.8. The lowest BCUT2D eigenvalue weighted by Gasteiger charge is -2.23. The topological polar surface area (TPSA) is 88.6 Å². The van der Waals surface area contributed by atoms with Crippen LogP contribution in [0.5, 0.6) is 0 Å². The second-order valence-corrected chi connectivity index (χ2v) is 7.45. The highest BCUT2D eigenvalue weighted by Crippen LogP contribution is 2.25. The SMILES string of the molecule is CC(CNS(=O)(=O)c1cc(CN)oc1Br)N1CCCC1. The summed E-state index contributed by atoms with van der Waals surface area (Å²) in [6.07, 6.45) is 2.37. The van der Waals surface area contributed by atoms with E-state index >= 15 is 0 Å². The second-order valence-electron chi connectivity index (χ2n) is 5.00. The molecule has 20 heavy (non-hydrogen) atoms. The third kappa shape index (κ3) is 3.62. The van der Waals surface area contributed by atoms with Crippen LogP contribution in [0.4, 0.5) is 0 Å². The molecule has 1 atom stereocenters. The fraction of sp³-hybridized carbons (Fsp3) is 0.667. The van der Waals surface area contributed by atoms with Gasteiger partial charge in [0.05, 0.1) is 6.54 Å². The van der Waals surface area contributed by atoms with E-state index in [9.17, 15) is 8.42 Å². The molecule has 1 fully saturated rings. The molecule has 1 aromatic heterocycles. The van der Waals surface area contributed by atoms with Gasteiger partial charge in [-0.05, 0) is 48.8 Å². The standard InChI is InChI=1S/C12H20BrN3O3S/c1-9(16-4-2-3-5-16)8-15-20(17,18)11-6-10(7-14)19-12(11)13/h6,9,15H,2-5,7-8,14H2,1H3. The lowest BCUT2D eigenvalue weighted by atomic mass is 10.3. The quantitative estimate of drug-likeness (QED) is 0.792. The Morgan fingerprint density at radius 2 is 2.15 bits per heavy atom. The summed E-state index contributed by atoms with van der Waals surface area (Å²) in [4.78, 5) is 2.39. The molecule has 1 unspecified atom stereocenters. The molecule has 0 aromatic carbocycles. The molecule has 1 saturated heterocycles. The number of hydrogen-bond acceptors (Lipinski definition) is 5. The number of likely N-dealkylation sites (tertiary alicyclic amines) is 1. The van der Waals surface area contributed by atoms with Crippen LogP contribution in [0.3, 0.4) is 0 Å². The van der Waals surface area contributed by atoms with Gasteiger partial charge in [-0.3, -0.25) is 4.90 Å². The summed E-state index contributed by atoms with van der Waals surface area (Å²) in [5, 5.41) is 0. The van der Waals surface area contributed by atoms with Crippen LogP contribution in [-0.2, 0) is 16.6 Å². The highest BCUT2D eigenvalue weighted by molar-refractivity contribution is 9.10. The van der Waals surface area contributed by atoms with Crippen LogP contribution in [-0.4, -0.2) is 39.0 Å². The summed E-state index contributed by atoms with van der Waals surface area (Å²) in [7, 11) is -3.58. The van der Waals surface area contributed by atoms with Crippen LogP contribution in [0.2, 0.25) is 0 Å². The number of rotatable bonds is 6. The lowest BCUT2D eigenvalue weighted by Crippen LogP contribution is -2.40. The molecule has 8 heteroatoms. The van der Waals surface area contributed by atoms with Gasteiger partial charge in [-0.25, -0.2) is 13.1 Å². The van der Waals surface area contributed by atoms with Crippen molar-refractivity contribution in [3.05, 3.63) is 16.5 Å². The zero-order valence-electron chi connectivity index (χ0n) is 11.4. The van der Waals surface area contributed by atoms with E-state index < -0.39 is 10.0 Å². The van der Waals surface area contributed by atoms with Gasteiger partial charge in [0.25, 0.3) is 0 Å². The smallest absolute Gasteiger partial charge is 0.245 e. The summed E-state index contributed by atoms with van der Waals surface area (Å²) in [6, 6.07) is 1.64. The summed E-state index contributed by atoms with van der Waals surface area (Å²) in [5.74, 6) is 0.435. The second kappa shape index (κ2) is 6.57. The first-order valence-electron chi connectivity index (χ1n) is 6.66.